The van der Waals surface area contributed by atoms with Gasteiger partial charge < -0.3 is 9.69 Å². The molecule has 2 unspecified atom stereocenters. The van der Waals surface area contributed by atoms with Gasteiger partial charge in [-0.1, -0.05) is 19.8 Å². The van der Waals surface area contributed by atoms with E-state index in [0.717, 1.165) is 29.5 Å². The van der Waals surface area contributed by atoms with E-state index in [1.54, 1.807) is 6.92 Å². The Kier molecular flexibility index (Phi) is 6.79. The summed E-state index contributed by atoms with van der Waals surface area (Å²) in [6, 6.07) is 0. The van der Waals surface area contributed by atoms with Crippen molar-refractivity contribution in [2.24, 2.45) is 0 Å². The molecule has 6 nitrogen and oxygen atoms in total. The topological polar surface area (TPSA) is 77.9 Å². The molecule has 1 N–H and O–H groups in total. The zero-order chi connectivity index (χ0) is 15.5. The molecule has 0 amide bonds. The summed E-state index contributed by atoms with van der Waals surface area (Å²) in [7, 11) is -0.897. The molecule has 0 spiro atoms. The van der Waals surface area contributed by atoms with Crippen molar-refractivity contribution in [3.8, 4) is 0 Å². The first-order valence-electron chi connectivity index (χ1n) is 5.91. The van der Waals surface area contributed by atoms with Gasteiger partial charge in [0.1, 0.15) is 6.29 Å². The number of nitrogens with zero attached hydrogens (tertiary/aromatic N) is 2. The minimum Gasteiger partial charge on any atom is -0.342 e. The van der Waals surface area contributed by atoms with Gasteiger partial charge in [-0.15, -0.1) is 4.08 Å². The number of unbranched alkanes of at least 4 members (excludes halogenated alkanes) is 1. The Hall–Kier alpha value is 0.150. The summed E-state index contributed by atoms with van der Waals surface area (Å²) in [6.45, 7) is 0.151. The van der Waals surface area contributed by atoms with Gasteiger partial charge in [0.2, 0.25) is 16.6 Å². The van der Waals surface area contributed by atoms with Crippen molar-refractivity contribution >= 4 is 34.7 Å². The zero-order valence-electron chi connectivity index (χ0n) is 12.0. The number of carbonyl (C=O) groups excluding carboxylic acids is 1. The molecule has 0 aliphatic heterocycles. The average molecular weight is 330 g/mol. The maximum atomic E-state index is 11.5. The van der Waals surface area contributed by atoms with Crippen LogP contribution in [0.3, 0.4) is 0 Å². The van der Waals surface area contributed by atoms with E-state index in [-0.39, 0.29) is 0 Å². The van der Waals surface area contributed by atoms with Crippen LogP contribution in [0, 0.1) is 0 Å². The maximum Gasteiger partial charge on any atom is 0.217 e. The molecule has 0 aliphatic carbocycles. The highest BCUT2D eigenvalue weighted by Gasteiger charge is 2.41. The van der Waals surface area contributed by atoms with E-state index in [2.05, 4.69) is 0 Å². The highest BCUT2D eigenvalue weighted by Crippen LogP contribution is 2.52. The first-order valence-corrected chi connectivity index (χ1v) is 10.4. The highest BCUT2D eigenvalue weighted by atomic mass is 32.5. The Morgan fingerprint density at radius 3 is 2.21 bits per heavy atom. The number of hydrogen-bond donors (Lipinski definition) is 1. The molecule has 114 valence electrons. The number of aldehydes is 1. The van der Waals surface area contributed by atoms with Crippen LogP contribution in [-0.4, -0.2) is 54.2 Å². The van der Waals surface area contributed by atoms with Crippen LogP contribution in [0.25, 0.3) is 0 Å². The summed E-state index contributed by atoms with van der Waals surface area (Å²) in [5.74, 6) is 0. The van der Waals surface area contributed by atoms with Crippen molar-refractivity contribution in [2.45, 2.75) is 38.6 Å². The number of hydrogen-bond acceptors (Lipinski definition) is 4. The molecule has 0 aromatic rings. The SMILES string of the molecule is CCCCC(C)(C=O)N(C)P(O)(=S)N(C)S(C)(=O)=O. The van der Waals surface area contributed by atoms with E-state index in [1.807, 2.05) is 6.92 Å². The summed E-state index contributed by atoms with van der Waals surface area (Å²) in [5.41, 5.74) is -0.973. The third-order valence-corrected chi connectivity index (χ3v) is 9.55. The van der Waals surface area contributed by atoms with Gasteiger partial charge in [0.25, 0.3) is 0 Å². The molecule has 0 aromatic heterocycles. The molecule has 9 heteroatoms. The monoisotopic (exact) mass is 330 g/mol. The number of likely N-dealkylation sites (N-methyl/N-ethyl adjacent to an activating group) is 1. The van der Waals surface area contributed by atoms with E-state index in [0.29, 0.717) is 6.42 Å². The van der Waals surface area contributed by atoms with Crippen molar-refractivity contribution in [2.75, 3.05) is 20.4 Å². The summed E-state index contributed by atoms with van der Waals surface area (Å²) >= 11 is 5.08. The average Bonchev–Trinajstić information content (AvgIpc) is 2.32. The third-order valence-electron chi connectivity index (χ3n) is 3.27. The first kappa shape index (κ1) is 19.1. The van der Waals surface area contributed by atoms with Gasteiger partial charge in [0.05, 0.1) is 11.8 Å². The summed E-state index contributed by atoms with van der Waals surface area (Å²) in [6.07, 6.45) is 3.89. The molecule has 0 heterocycles. The molecule has 0 saturated carbocycles. The minimum absolute atomic E-state index is 0.514. The van der Waals surface area contributed by atoms with Gasteiger partial charge in [-0.3, -0.25) is 0 Å². The van der Waals surface area contributed by atoms with Gasteiger partial charge >= 0.3 is 0 Å². The predicted octanol–water partition coefficient (Wildman–Crippen LogP) is 1.17. The van der Waals surface area contributed by atoms with Crippen LogP contribution in [0.15, 0.2) is 0 Å². The number of sulfonamides is 1. The van der Waals surface area contributed by atoms with Gasteiger partial charge in [-0.05, 0) is 32.2 Å². The lowest BCUT2D eigenvalue weighted by atomic mass is 9.97. The Labute approximate surface area is 121 Å². The second-order valence-corrected chi connectivity index (χ2v) is 10.8. The quantitative estimate of drug-likeness (QED) is 0.532. The Morgan fingerprint density at radius 2 is 1.89 bits per heavy atom. The number of carbonyl (C=O) groups is 1. The van der Waals surface area contributed by atoms with Crippen LogP contribution in [0.5, 0.6) is 0 Å². The van der Waals surface area contributed by atoms with Crippen LogP contribution in [0.1, 0.15) is 33.1 Å². The smallest absolute Gasteiger partial charge is 0.217 e. The molecule has 19 heavy (non-hydrogen) atoms. The van der Waals surface area contributed by atoms with Crippen LogP contribution < -0.4 is 0 Å². The molecule has 0 radical (unpaired) electrons. The van der Waals surface area contributed by atoms with Crippen LogP contribution in [-0.2, 0) is 26.6 Å². The summed E-state index contributed by atoms with van der Waals surface area (Å²) < 4.78 is 25.1. The molecule has 0 saturated heterocycles. The lowest BCUT2D eigenvalue weighted by Gasteiger charge is -2.41. The summed E-state index contributed by atoms with van der Waals surface area (Å²) in [4.78, 5) is 21.7. The lowest BCUT2D eigenvalue weighted by Crippen LogP contribution is -2.46. The van der Waals surface area contributed by atoms with Crippen LogP contribution in [0.2, 0.25) is 0 Å². The van der Waals surface area contributed by atoms with Crippen molar-refractivity contribution in [3.63, 3.8) is 0 Å². The van der Waals surface area contributed by atoms with E-state index in [4.69, 9.17) is 11.8 Å². The van der Waals surface area contributed by atoms with Crippen molar-refractivity contribution in [1.82, 2.24) is 8.75 Å². The largest absolute Gasteiger partial charge is 0.342 e. The first-order chi connectivity index (χ1) is 8.43. The molecular weight excluding hydrogens is 307 g/mol. The second kappa shape index (κ2) is 6.74. The Bertz CT molecular complexity index is 468. The van der Waals surface area contributed by atoms with Gasteiger partial charge in [-0.25, -0.2) is 13.1 Å². The minimum atomic E-state index is -3.62. The highest BCUT2D eigenvalue weighted by molar-refractivity contribution is 8.14. The van der Waals surface area contributed by atoms with Gasteiger partial charge in [0.15, 0.2) is 0 Å². The fourth-order valence-corrected chi connectivity index (χ4v) is 6.16. The van der Waals surface area contributed by atoms with Gasteiger partial charge in [-0.2, -0.15) is 0 Å². The van der Waals surface area contributed by atoms with Crippen molar-refractivity contribution in [3.05, 3.63) is 0 Å². The van der Waals surface area contributed by atoms with Crippen LogP contribution >= 0.6 is 6.57 Å². The second-order valence-electron chi connectivity index (χ2n) is 4.81. The van der Waals surface area contributed by atoms with Crippen molar-refractivity contribution in [1.29, 1.82) is 0 Å². The predicted molar refractivity (Wildman–Crippen MR) is 80.9 cm³/mol. The van der Waals surface area contributed by atoms with E-state index >= 15 is 0 Å². The molecule has 0 fully saturated rings. The lowest BCUT2D eigenvalue weighted by molar-refractivity contribution is -0.115. The molecule has 0 aliphatic rings. The third kappa shape index (κ3) is 4.58. The fourth-order valence-electron chi connectivity index (χ4n) is 1.51. The van der Waals surface area contributed by atoms with Crippen LogP contribution in [0.4, 0.5) is 0 Å². The Balaban J connectivity index is 5.42. The molecule has 0 bridgehead atoms. The summed E-state index contributed by atoms with van der Waals surface area (Å²) in [5, 5.41) is 0. The van der Waals surface area contributed by atoms with Gasteiger partial charge in [0, 0.05) is 7.05 Å². The molecule has 0 aromatic carbocycles. The standard InChI is InChI=1S/C10H23N2O4PS2/c1-6-7-8-10(2,9-13)11(3)17(14,18)12(4)19(5,15)16/h9H,6-8H2,1-5H3,(H,14,18). The Morgan fingerprint density at radius 1 is 1.42 bits per heavy atom. The molecule has 2 atom stereocenters. The number of rotatable bonds is 8. The van der Waals surface area contributed by atoms with E-state index < -0.39 is 22.1 Å². The normalized spacial score (nSPS) is 19.2. The fraction of sp³-hybridized carbons (Fsp3) is 0.900. The van der Waals surface area contributed by atoms with E-state index in [1.165, 1.54) is 18.8 Å². The maximum absolute atomic E-state index is 11.5. The molecular formula is C10H23N2O4PS2. The van der Waals surface area contributed by atoms with E-state index in [9.17, 15) is 18.1 Å². The molecule has 0 rings (SSSR count). The van der Waals surface area contributed by atoms with Crippen molar-refractivity contribution < 1.29 is 18.1 Å². The zero-order valence-corrected chi connectivity index (χ0v) is 14.6.